The number of nitrogens with zero attached hydrogens (tertiary/aromatic N) is 1. The summed E-state index contributed by atoms with van der Waals surface area (Å²) in [5.41, 5.74) is 1.09. The predicted octanol–water partition coefficient (Wildman–Crippen LogP) is 4.09. The van der Waals surface area contributed by atoms with Crippen molar-refractivity contribution in [1.29, 1.82) is 0 Å². The second-order valence-electron chi connectivity index (χ2n) is 4.92. The second-order valence-corrected chi connectivity index (χ2v) is 5.94. The molecule has 0 radical (unpaired) electrons. The number of pyridine rings is 1. The molecule has 1 heterocycles. The number of ether oxygens (including phenoxy) is 1. The number of rotatable bonds is 6. The fourth-order valence-corrected chi connectivity index (χ4v) is 3.11. The van der Waals surface area contributed by atoms with Crippen LogP contribution >= 0.6 is 23.2 Å². The lowest BCUT2D eigenvalue weighted by Crippen LogP contribution is -2.33. The fourth-order valence-electron chi connectivity index (χ4n) is 2.49. The third-order valence-corrected chi connectivity index (χ3v) is 4.15. The molecular formula is C14H19Cl2NO. The maximum Gasteiger partial charge on any atom is 0.0621 e. The maximum absolute atomic E-state index is 6.40. The van der Waals surface area contributed by atoms with Gasteiger partial charge in [0.2, 0.25) is 0 Å². The summed E-state index contributed by atoms with van der Waals surface area (Å²) in [5.74, 6) is 0.713. The Kier molecular flexibility index (Phi) is 5.28. The summed E-state index contributed by atoms with van der Waals surface area (Å²) >= 11 is 12.5. The van der Waals surface area contributed by atoms with Crippen molar-refractivity contribution >= 4 is 23.2 Å². The Morgan fingerprint density at radius 1 is 1.50 bits per heavy atom. The lowest BCUT2D eigenvalue weighted by atomic mass is 9.78. The first kappa shape index (κ1) is 14.1. The Morgan fingerprint density at radius 3 is 2.94 bits per heavy atom. The van der Waals surface area contributed by atoms with Gasteiger partial charge in [0.15, 0.2) is 0 Å². The smallest absolute Gasteiger partial charge is 0.0621 e. The molecule has 0 amide bonds. The number of halogens is 2. The highest BCUT2D eigenvalue weighted by Crippen LogP contribution is 2.35. The van der Waals surface area contributed by atoms with Crippen LogP contribution in [0.25, 0.3) is 0 Å². The van der Waals surface area contributed by atoms with Gasteiger partial charge >= 0.3 is 0 Å². The molecule has 0 aromatic carbocycles. The van der Waals surface area contributed by atoms with Crippen molar-refractivity contribution in [2.24, 2.45) is 5.92 Å². The standard InChI is InChI=1S/C14H19Cl2NO/c1-2-18-13-6-10(7-13)5-12(15)8-11-3-4-17-9-14(11)16/h3-4,9-10,12-13H,2,5-8H2,1H3. The molecule has 1 aliphatic carbocycles. The predicted molar refractivity (Wildman–Crippen MR) is 75.3 cm³/mol. The van der Waals surface area contributed by atoms with Gasteiger partial charge in [0.25, 0.3) is 0 Å². The summed E-state index contributed by atoms with van der Waals surface area (Å²) in [4.78, 5) is 3.98. The van der Waals surface area contributed by atoms with Crippen LogP contribution in [0, 0.1) is 5.92 Å². The molecular weight excluding hydrogens is 269 g/mol. The number of aromatic nitrogens is 1. The highest BCUT2D eigenvalue weighted by molar-refractivity contribution is 6.31. The molecule has 1 fully saturated rings. The van der Waals surface area contributed by atoms with Crippen LogP contribution in [-0.2, 0) is 11.2 Å². The highest BCUT2D eigenvalue weighted by Gasteiger charge is 2.31. The molecule has 1 aliphatic rings. The molecule has 0 spiro atoms. The molecule has 18 heavy (non-hydrogen) atoms. The monoisotopic (exact) mass is 287 g/mol. The van der Waals surface area contributed by atoms with Gasteiger partial charge < -0.3 is 4.74 Å². The van der Waals surface area contributed by atoms with E-state index in [0.717, 1.165) is 37.9 Å². The van der Waals surface area contributed by atoms with E-state index in [1.54, 1.807) is 12.4 Å². The molecule has 4 heteroatoms. The van der Waals surface area contributed by atoms with Gasteiger partial charge in [0, 0.05) is 24.4 Å². The molecule has 100 valence electrons. The average molecular weight is 288 g/mol. The zero-order valence-corrected chi connectivity index (χ0v) is 12.1. The average Bonchev–Trinajstić information content (AvgIpc) is 2.29. The van der Waals surface area contributed by atoms with E-state index in [-0.39, 0.29) is 5.38 Å². The third-order valence-electron chi connectivity index (χ3n) is 3.48. The van der Waals surface area contributed by atoms with E-state index >= 15 is 0 Å². The molecule has 1 atom stereocenters. The Morgan fingerprint density at radius 2 is 2.28 bits per heavy atom. The zero-order valence-electron chi connectivity index (χ0n) is 10.6. The summed E-state index contributed by atoms with van der Waals surface area (Å²) in [6.45, 7) is 2.86. The summed E-state index contributed by atoms with van der Waals surface area (Å²) < 4.78 is 5.55. The fraction of sp³-hybridized carbons (Fsp3) is 0.643. The topological polar surface area (TPSA) is 22.1 Å². The van der Waals surface area contributed by atoms with Crippen LogP contribution in [-0.4, -0.2) is 23.1 Å². The van der Waals surface area contributed by atoms with Crippen molar-refractivity contribution in [3.05, 3.63) is 29.0 Å². The van der Waals surface area contributed by atoms with Gasteiger partial charge in [-0.2, -0.15) is 0 Å². The van der Waals surface area contributed by atoms with Gasteiger partial charge in [-0.3, -0.25) is 4.98 Å². The quantitative estimate of drug-likeness (QED) is 0.735. The van der Waals surface area contributed by atoms with Gasteiger partial charge in [0.1, 0.15) is 0 Å². The molecule has 1 aromatic heterocycles. The molecule has 0 aliphatic heterocycles. The van der Waals surface area contributed by atoms with Crippen LogP contribution in [0.15, 0.2) is 18.5 Å². The Bertz CT molecular complexity index is 380. The molecule has 1 saturated carbocycles. The van der Waals surface area contributed by atoms with Crippen molar-refractivity contribution in [2.45, 2.75) is 44.1 Å². The minimum absolute atomic E-state index is 0.150. The van der Waals surface area contributed by atoms with Crippen LogP contribution in [0.3, 0.4) is 0 Å². The van der Waals surface area contributed by atoms with E-state index < -0.39 is 0 Å². The van der Waals surface area contributed by atoms with E-state index in [4.69, 9.17) is 27.9 Å². The summed E-state index contributed by atoms with van der Waals surface area (Å²) in [6, 6.07) is 1.95. The Hall–Kier alpha value is -0.310. The third kappa shape index (κ3) is 3.84. The van der Waals surface area contributed by atoms with Crippen LogP contribution in [0.4, 0.5) is 0 Å². The molecule has 2 nitrogen and oxygen atoms in total. The molecule has 1 unspecified atom stereocenters. The molecule has 0 N–H and O–H groups in total. The van der Waals surface area contributed by atoms with Crippen LogP contribution in [0.2, 0.25) is 5.02 Å². The van der Waals surface area contributed by atoms with Crippen LogP contribution < -0.4 is 0 Å². The van der Waals surface area contributed by atoms with E-state index in [2.05, 4.69) is 4.98 Å². The van der Waals surface area contributed by atoms with Crippen LogP contribution in [0.5, 0.6) is 0 Å². The van der Waals surface area contributed by atoms with E-state index in [1.807, 2.05) is 13.0 Å². The van der Waals surface area contributed by atoms with Gasteiger partial charge in [-0.15, -0.1) is 11.6 Å². The minimum atomic E-state index is 0.150. The number of alkyl halides is 1. The Labute approximate surface area is 119 Å². The van der Waals surface area contributed by atoms with Crippen molar-refractivity contribution in [3.63, 3.8) is 0 Å². The first-order valence-electron chi connectivity index (χ1n) is 6.53. The molecule has 0 bridgehead atoms. The van der Waals surface area contributed by atoms with Crippen LogP contribution in [0.1, 0.15) is 31.7 Å². The SMILES string of the molecule is CCOC1CC(CC(Cl)Cc2ccncc2Cl)C1. The summed E-state index contributed by atoms with van der Waals surface area (Å²) in [7, 11) is 0. The maximum atomic E-state index is 6.40. The van der Waals surface area contributed by atoms with Crippen molar-refractivity contribution < 1.29 is 4.74 Å². The molecule has 1 aromatic rings. The largest absolute Gasteiger partial charge is 0.378 e. The molecule has 2 rings (SSSR count). The lowest BCUT2D eigenvalue weighted by Gasteiger charge is -2.36. The van der Waals surface area contributed by atoms with Gasteiger partial charge in [0.05, 0.1) is 11.1 Å². The summed E-state index contributed by atoms with van der Waals surface area (Å²) in [5, 5.41) is 0.862. The summed E-state index contributed by atoms with van der Waals surface area (Å²) in [6.07, 6.45) is 8.08. The number of hydrogen-bond acceptors (Lipinski definition) is 2. The van der Waals surface area contributed by atoms with E-state index in [1.165, 1.54) is 0 Å². The second kappa shape index (κ2) is 6.74. The lowest BCUT2D eigenvalue weighted by molar-refractivity contribution is -0.0266. The van der Waals surface area contributed by atoms with Crippen molar-refractivity contribution in [1.82, 2.24) is 4.98 Å². The first-order valence-corrected chi connectivity index (χ1v) is 7.34. The highest BCUT2D eigenvalue weighted by atomic mass is 35.5. The first-order chi connectivity index (χ1) is 8.69. The number of hydrogen-bond donors (Lipinski definition) is 0. The van der Waals surface area contributed by atoms with E-state index in [9.17, 15) is 0 Å². The molecule has 0 saturated heterocycles. The minimum Gasteiger partial charge on any atom is -0.378 e. The van der Waals surface area contributed by atoms with Gasteiger partial charge in [-0.25, -0.2) is 0 Å². The zero-order chi connectivity index (χ0) is 13.0. The van der Waals surface area contributed by atoms with E-state index in [0.29, 0.717) is 17.0 Å². The van der Waals surface area contributed by atoms with Gasteiger partial charge in [-0.05, 0) is 50.2 Å². The normalized spacial score (nSPS) is 24.6. The van der Waals surface area contributed by atoms with Crippen molar-refractivity contribution in [3.8, 4) is 0 Å². The Balaban J connectivity index is 1.73. The van der Waals surface area contributed by atoms with Crippen molar-refractivity contribution in [2.75, 3.05) is 6.61 Å². The van der Waals surface area contributed by atoms with Gasteiger partial charge in [-0.1, -0.05) is 11.6 Å².